The van der Waals surface area contributed by atoms with Crippen LogP contribution in [0, 0.1) is 19.8 Å². The Bertz CT molecular complexity index is 810. The van der Waals surface area contributed by atoms with Gasteiger partial charge < -0.3 is 10.3 Å². The van der Waals surface area contributed by atoms with Gasteiger partial charge in [-0.3, -0.25) is 9.88 Å². The molecule has 5 heteroatoms. The summed E-state index contributed by atoms with van der Waals surface area (Å²) < 4.78 is 2.38. The standard InChI is InChI=1S/C21H31N5.C3H6/c1-15-16(2)26(13-5-10-22)19(24-15)14-25-12-4-7-18-9-8-17-6-3-11-23-20(17)21(18)25;1-3-2/h3,6,11,18,21H,4-5,7-10,12-14,22H2,1-2H3;3H,1H2,2H3. The van der Waals surface area contributed by atoms with Crippen molar-refractivity contribution in [2.24, 2.45) is 11.7 Å². The van der Waals surface area contributed by atoms with Crippen LogP contribution in [-0.2, 0) is 19.5 Å². The molecule has 1 aliphatic carbocycles. The summed E-state index contributed by atoms with van der Waals surface area (Å²) >= 11 is 0. The van der Waals surface area contributed by atoms with E-state index >= 15 is 0 Å². The Balaban J connectivity index is 0.000000755. The highest BCUT2D eigenvalue weighted by molar-refractivity contribution is 5.27. The van der Waals surface area contributed by atoms with Crippen molar-refractivity contribution in [3.8, 4) is 0 Å². The molecule has 158 valence electrons. The fourth-order valence-electron chi connectivity index (χ4n) is 4.87. The number of aromatic nitrogens is 3. The van der Waals surface area contributed by atoms with Crippen LogP contribution in [0.25, 0.3) is 0 Å². The molecule has 0 amide bonds. The molecule has 1 fully saturated rings. The number of hydrogen-bond donors (Lipinski definition) is 1. The van der Waals surface area contributed by atoms with E-state index in [2.05, 4.69) is 42.0 Å². The van der Waals surface area contributed by atoms with Crippen molar-refractivity contribution < 1.29 is 0 Å². The summed E-state index contributed by atoms with van der Waals surface area (Å²) in [4.78, 5) is 12.4. The van der Waals surface area contributed by atoms with Gasteiger partial charge in [-0.05, 0) is 83.5 Å². The van der Waals surface area contributed by atoms with Crippen molar-refractivity contribution in [2.75, 3.05) is 13.1 Å². The largest absolute Gasteiger partial charge is 0.331 e. The third-order valence-electron chi connectivity index (χ3n) is 6.32. The first-order valence-corrected chi connectivity index (χ1v) is 11.1. The number of piperidine rings is 1. The molecule has 2 aromatic heterocycles. The van der Waals surface area contributed by atoms with Gasteiger partial charge in [0, 0.05) is 18.4 Å². The molecule has 3 heterocycles. The third kappa shape index (κ3) is 4.78. The maximum Gasteiger partial charge on any atom is 0.123 e. The molecule has 0 radical (unpaired) electrons. The molecule has 0 saturated carbocycles. The lowest BCUT2D eigenvalue weighted by Crippen LogP contribution is -2.42. The van der Waals surface area contributed by atoms with Gasteiger partial charge >= 0.3 is 0 Å². The van der Waals surface area contributed by atoms with Crippen molar-refractivity contribution in [2.45, 2.75) is 72.0 Å². The summed E-state index contributed by atoms with van der Waals surface area (Å²) in [6.07, 6.45) is 9.80. The van der Waals surface area contributed by atoms with Crippen molar-refractivity contribution in [3.63, 3.8) is 0 Å². The number of likely N-dealkylation sites (tertiary alicyclic amines) is 1. The lowest BCUT2D eigenvalue weighted by molar-refractivity contribution is 0.0662. The quantitative estimate of drug-likeness (QED) is 0.765. The monoisotopic (exact) mass is 395 g/mol. The van der Waals surface area contributed by atoms with Gasteiger partial charge in [-0.15, -0.1) is 6.58 Å². The molecule has 1 aliphatic heterocycles. The molecule has 1 saturated heterocycles. The number of imidazole rings is 1. The van der Waals surface area contributed by atoms with E-state index in [1.807, 2.05) is 13.1 Å². The normalized spacial score (nSPS) is 21.0. The lowest BCUT2D eigenvalue weighted by Gasteiger charge is -2.44. The van der Waals surface area contributed by atoms with Gasteiger partial charge in [0.25, 0.3) is 0 Å². The predicted octanol–water partition coefficient (Wildman–Crippen LogP) is 4.34. The Hall–Kier alpha value is -1.98. The van der Waals surface area contributed by atoms with Gasteiger partial charge in [0.15, 0.2) is 0 Å². The zero-order valence-corrected chi connectivity index (χ0v) is 18.4. The molecule has 0 bridgehead atoms. The van der Waals surface area contributed by atoms with Crippen LogP contribution in [0.4, 0.5) is 0 Å². The van der Waals surface area contributed by atoms with Crippen LogP contribution in [0.15, 0.2) is 31.0 Å². The first-order valence-electron chi connectivity index (χ1n) is 11.1. The number of fused-ring (bicyclic) bond motifs is 3. The average molecular weight is 396 g/mol. The van der Waals surface area contributed by atoms with E-state index in [-0.39, 0.29) is 0 Å². The van der Waals surface area contributed by atoms with Gasteiger partial charge in [-0.25, -0.2) is 4.98 Å². The van der Waals surface area contributed by atoms with Crippen molar-refractivity contribution in [1.29, 1.82) is 0 Å². The van der Waals surface area contributed by atoms with E-state index in [1.54, 1.807) is 6.08 Å². The minimum absolute atomic E-state index is 0.453. The van der Waals surface area contributed by atoms with Crippen LogP contribution in [0.3, 0.4) is 0 Å². The Morgan fingerprint density at radius 2 is 2.10 bits per heavy atom. The second-order valence-corrected chi connectivity index (χ2v) is 8.31. The molecule has 2 atom stereocenters. The summed E-state index contributed by atoms with van der Waals surface area (Å²) in [7, 11) is 0. The molecular formula is C24H37N5. The zero-order chi connectivity index (χ0) is 20.8. The lowest BCUT2D eigenvalue weighted by atomic mass is 9.77. The van der Waals surface area contributed by atoms with Crippen LogP contribution in [-0.4, -0.2) is 32.5 Å². The molecule has 2 N–H and O–H groups in total. The van der Waals surface area contributed by atoms with Crippen molar-refractivity contribution in [3.05, 3.63) is 59.5 Å². The highest BCUT2D eigenvalue weighted by Gasteiger charge is 2.38. The van der Waals surface area contributed by atoms with Gasteiger partial charge in [0.1, 0.15) is 5.82 Å². The molecule has 2 unspecified atom stereocenters. The molecule has 0 aromatic carbocycles. The van der Waals surface area contributed by atoms with E-state index in [1.165, 1.54) is 48.5 Å². The van der Waals surface area contributed by atoms with Crippen molar-refractivity contribution in [1.82, 2.24) is 19.4 Å². The molecular weight excluding hydrogens is 358 g/mol. The van der Waals surface area contributed by atoms with Gasteiger partial charge in [0.2, 0.25) is 0 Å². The minimum Gasteiger partial charge on any atom is -0.331 e. The SMILES string of the molecule is C=CC.Cc1nc(CN2CCCC3CCc4cccnc4C32)n(CCCN)c1C. The Morgan fingerprint density at radius 1 is 1.31 bits per heavy atom. The van der Waals surface area contributed by atoms with Crippen LogP contribution in [0.1, 0.15) is 67.1 Å². The Kier molecular flexibility index (Phi) is 7.62. The zero-order valence-electron chi connectivity index (χ0n) is 18.4. The van der Waals surface area contributed by atoms with Gasteiger partial charge in [-0.1, -0.05) is 12.1 Å². The summed E-state index contributed by atoms with van der Waals surface area (Å²) in [5.74, 6) is 1.93. The van der Waals surface area contributed by atoms with Crippen LogP contribution < -0.4 is 5.73 Å². The highest BCUT2D eigenvalue weighted by Crippen LogP contribution is 2.43. The second-order valence-electron chi connectivity index (χ2n) is 8.31. The number of aryl methyl sites for hydroxylation is 2. The molecule has 29 heavy (non-hydrogen) atoms. The summed E-state index contributed by atoms with van der Waals surface area (Å²) in [5.41, 5.74) is 10.9. The molecule has 2 aliphatic rings. The minimum atomic E-state index is 0.453. The van der Waals surface area contributed by atoms with Crippen LogP contribution in [0.2, 0.25) is 0 Å². The first-order chi connectivity index (χ1) is 14.1. The van der Waals surface area contributed by atoms with Gasteiger partial charge in [-0.2, -0.15) is 0 Å². The van der Waals surface area contributed by atoms with Gasteiger partial charge in [0.05, 0.1) is 24.0 Å². The van der Waals surface area contributed by atoms with E-state index in [4.69, 9.17) is 15.7 Å². The summed E-state index contributed by atoms with van der Waals surface area (Å²) in [5, 5.41) is 0. The molecule has 0 spiro atoms. The average Bonchev–Trinajstić information content (AvgIpc) is 2.99. The first kappa shape index (κ1) is 21.7. The predicted molar refractivity (Wildman–Crippen MR) is 120 cm³/mol. The topological polar surface area (TPSA) is 60.0 Å². The second kappa shape index (κ2) is 10.2. The fraction of sp³-hybridized carbons (Fsp3) is 0.583. The molecule has 4 rings (SSSR count). The maximum absolute atomic E-state index is 5.76. The number of hydrogen-bond acceptors (Lipinski definition) is 4. The fourth-order valence-corrected chi connectivity index (χ4v) is 4.87. The van der Waals surface area contributed by atoms with Crippen LogP contribution in [0.5, 0.6) is 0 Å². The molecule has 5 nitrogen and oxygen atoms in total. The van der Waals surface area contributed by atoms with E-state index in [9.17, 15) is 0 Å². The Morgan fingerprint density at radius 3 is 2.86 bits per heavy atom. The number of allylic oxidation sites excluding steroid dienone is 1. The van der Waals surface area contributed by atoms with Crippen molar-refractivity contribution >= 4 is 0 Å². The number of nitrogens with two attached hydrogens (primary N) is 1. The number of nitrogens with zero attached hydrogens (tertiary/aromatic N) is 4. The number of pyridine rings is 1. The van der Waals surface area contributed by atoms with E-state index < -0.39 is 0 Å². The van der Waals surface area contributed by atoms with E-state index in [0.717, 1.165) is 44.2 Å². The third-order valence-corrected chi connectivity index (χ3v) is 6.32. The highest BCUT2D eigenvalue weighted by atomic mass is 15.2. The Labute approximate surface area is 176 Å². The molecule has 2 aromatic rings. The summed E-state index contributed by atoms with van der Waals surface area (Å²) in [6, 6.07) is 4.80. The summed E-state index contributed by atoms with van der Waals surface area (Å²) in [6.45, 7) is 13.3. The van der Waals surface area contributed by atoms with Crippen LogP contribution >= 0.6 is 0 Å². The maximum atomic E-state index is 5.76. The van der Waals surface area contributed by atoms with E-state index in [0.29, 0.717) is 6.04 Å². The number of rotatable bonds is 5. The smallest absolute Gasteiger partial charge is 0.123 e.